The predicted octanol–water partition coefficient (Wildman–Crippen LogP) is -0.323. The largest absolute Gasteiger partial charge is 0.402 e. The maximum Gasteiger partial charge on any atom is 0.402 e. The Kier molecular flexibility index (Phi) is 4.16. The lowest BCUT2D eigenvalue weighted by Gasteiger charge is -2.32. The number of nitrogens with one attached hydrogen (secondary N) is 2. The molecule has 0 saturated carbocycles. The van der Waals surface area contributed by atoms with Gasteiger partial charge in [0, 0.05) is 25.7 Å². The fourth-order valence-corrected chi connectivity index (χ4v) is 2.83. The van der Waals surface area contributed by atoms with Crippen LogP contribution in [0, 0.1) is 0 Å². The van der Waals surface area contributed by atoms with Crippen LogP contribution in [0.1, 0.15) is 6.92 Å². The van der Waals surface area contributed by atoms with Crippen molar-refractivity contribution in [3.05, 3.63) is 0 Å². The van der Waals surface area contributed by atoms with Crippen molar-refractivity contribution in [3.63, 3.8) is 0 Å². The van der Waals surface area contributed by atoms with Crippen molar-refractivity contribution in [1.29, 1.82) is 0 Å². The van der Waals surface area contributed by atoms with Crippen LogP contribution in [0.15, 0.2) is 0 Å². The van der Waals surface area contributed by atoms with Crippen LogP contribution < -0.4 is 10.0 Å². The summed E-state index contributed by atoms with van der Waals surface area (Å²) in [6.07, 6.45) is -4.54. The molecule has 0 radical (unpaired) electrons. The lowest BCUT2D eigenvalue weighted by Crippen LogP contribution is -2.56. The summed E-state index contributed by atoms with van der Waals surface area (Å²) in [4.78, 5) is 0. The molecule has 0 aromatic carbocycles. The number of halogens is 3. The van der Waals surface area contributed by atoms with E-state index in [-0.39, 0.29) is 12.6 Å². The van der Waals surface area contributed by atoms with Gasteiger partial charge in [0.2, 0.25) is 0 Å². The van der Waals surface area contributed by atoms with Crippen molar-refractivity contribution < 1.29 is 21.6 Å². The summed E-state index contributed by atoms with van der Waals surface area (Å²) >= 11 is 0. The molecule has 0 bridgehead atoms. The van der Waals surface area contributed by atoms with Gasteiger partial charge in [0.1, 0.15) is 6.54 Å². The third kappa shape index (κ3) is 3.89. The molecule has 0 amide bonds. The topological polar surface area (TPSA) is 61.4 Å². The molecule has 1 heterocycles. The molecule has 0 aromatic rings. The van der Waals surface area contributed by atoms with Gasteiger partial charge in [-0.3, -0.25) is 0 Å². The van der Waals surface area contributed by atoms with E-state index in [1.54, 1.807) is 11.6 Å². The highest BCUT2D eigenvalue weighted by Crippen LogP contribution is 2.14. The maximum atomic E-state index is 11.9. The zero-order chi connectivity index (χ0) is 12.4. The van der Waals surface area contributed by atoms with E-state index in [1.165, 1.54) is 0 Å². The van der Waals surface area contributed by atoms with Crippen molar-refractivity contribution in [1.82, 2.24) is 14.3 Å². The van der Waals surface area contributed by atoms with Gasteiger partial charge in [-0.05, 0) is 6.92 Å². The van der Waals surface area contributed by atoms with Crippen LogP contribution in [0.3, 0.4) is 0 Å². The van der Waals surface area contributed by atoms with E-state index in [2.05, 4.69) is 5.32 Å². The van der Waals surface area contributed by atoms with Crippen LogP contribution in [-0.4, -0.2) is 51.1 Å². The van der Waals surface area contributed by atoms with Gasteiger partial charge in [0.25, 0.3) is 10.2 Å². The molecule has 1 rings (SSSR count). The Morgan fingerprint density at radius 1 is 1.50 bits per heavy atom. The van der Waals surface area contributed by atoms with Gasteiger partial charge in [0.15, 0.2) is 0 Å². The van der Waals surface area contributed by atoms with Crippen molar-refractivity contribution in [2.24, 2.45) is 0 Å². The SMILES string of the molecule is CC1CNCCN1S(=O)(=O)NCC(F)(F)F. The molecule has 0 aromatic heterocycles. The molecule has 0 spiro atoms. The van der Waals surface area contributed by atoms with Gasteiger partial charge in [0.05, 0.1) is 0 Å². The second kappa shape index (κ2) is 4.86. The van der Waals surface area contributed by atoms with Gasteiger partial charge in [-0.1, -0.05) is 0 Å². The molecule has 9 heteroatoms. The number of hydrogen-bond donors (Lipinski definition) is 2. The Morgan fingerprint density at radius 2 is 2.12 bits per heavy atom. The highest BCUT2D eigenvalue weighted by Gasteiger charge is 2.34. The number of hydrogen-bond acceptors (Lipinski definition) is 3. The average Bonchev–Trinajstić information content (AvgIpc) is 2.14. The van der Waals surface area contributed by atoms with Gasteiger partial charge < -0.3 is 5.32 Å². The first-order valence-electron chi connectivity index (χ1n) is 4.76. The van der Waals surface area contributed by atoms with Crippen LogP contribution >= 0.6 is 0 Å². The first-order valence-corrected chi connectivity index (χ1v) is 6.20. The minimum absolute atomic E-state index is 0.175. The van der Waals surface area contributed by atoms with Crippen LogP contribution in [0.25, 0.3) is 0 Å². The van der Waals surface area contributed by atoms with E-state index in [9.17, 15) is 21.6 Å². The van der Waals surface area contributed by atoms with Crippen molar-refractivity contribution in [3.8, 4) is 0 Å². The Labute approximate surface area is 92.2 Å². The van der Waals surface area contributed by atoms with Gasteiger partial charge in [-0.25, -0.2) is 0 Å². The monoisotopic (exact) mass is 261 g/mol. The van der Waals surface area contributed by atoms with Crippen LogP contribution in [-0.2, 0) is 10.2 Å². The van der Waals surface area contributed by atoms with E-state index in [1.807, 2.05) is 0 Å². The summed E-state index contributed by atoms with van der Waals surface area (Å²) in [7, 11) is -4.04. The molecule has 5 nitrogen and oxygen atoms in total. The fourth-order valence-electron chi connectivity index (χ4n) is 1.44. The molecular weight excluding hydrogens is 247 g/mol. The third-order valence-electron chi connectivity index (χ3n) is 2.20. The summed E-state index contributed by atoms with van der Waals surface area (Å²) in [6, 6.07) is -0.348. The summed E-state index contributed by atoms with van der Waals surface area (Å²) in [5.41, 5.74) is 0. The molecule has 1 atom stereocenters. The first-order chi connectivity index (χ1) is 7.22. The average molecular weight is 261 g/mol. The molecule has 1 fully saturated rings. The highest BCUT2D eigenvalue weighted by molar-refractivity contribution is 7.87. The fraction of sp³-hybridized carbons (Fsp3) is 1.00. The number of rotatable bonds is 3. The lowest BCUT2D eigenvalue weighted by molar-refractivity contribution is -0.121. The van der Waals surface area contributed by atoms with Gasteiger partial charge in [-0.2, -0.15) is 30.6 Å². The predicted molar refractivity (Wildman–Crippen MR) is 52.0 cm³/mol. The van der Waals surface area contributed by atoms with Crippen molar-refractivity contribution in [2.45, 2.75) is 19.1 Å². The Morgan fingerprint density at radius 3 is 2.62 bits per heavy atom. The summed E-state index contributed by atoms with van der Waals surface area (Å²) in [5, 5.41) is 2.95. The van der Waals surface area contributed by atoms with Crippen molar-refractivity contribution in [2.75, 3.05) is 26.2 Å². The van der Waals surface area contributed by atoms with E-state index in [0.29, 0.717) is 13.1 Å². The highest BCUT2D eigenvalue weighted by atomic mass is 32.2. The van der Waals surface area contributed by atoms with Crippen molar-refractivity contribution >= 4 is 10.2 Å². The van der Waals surface area contributed by atoms with Crippen LogP contribution in [0.4, 0.5) is 13.2 Å². The Balaban J connectivity index is 2.62. The van der Waals surface area contributed by atoms with Gasteiger partial charge in [-0.15, -0.1) is 0 Å². The standard InChI is InChI=1S/C7H14F3N3O2S/c1-6-4-11-2-3-13(6)16(14,15)12-5-7(8,9)10/h6,11-12H,2-5H2,1H3. The van der Waals surface area contributed by atoms with E-state index in [0.717, 1.165) is 4.31 Å². The molecule has 1 aliphatic heterocycles. The molecule has 1 aliphatic rings. The quantitative estimate of drug-likeness (QED) is 0.732. The third-order valence-corrected chi connectivity index (χ3v) is 3.87. The Bertz CT molecular complexity index is 330. The van der Waals surface area contributed by atoms with Crippen LogP contribution in [0.5, 0.6) is 0 Å². The zero-order valence-electron chi connectivity index (χ0n) is 8.71. The summed E-state index contributed by atoms with van der Waals surface area (Å²) in [5.74, 6) is 0. The molecule has 16 heavy (non-hydrogen) atoms. The number of alkyl halides is 3. The van der Waals surface area contributed by atoms with Gasteiger partial charge >= 0.3 is 6.18 Å². The minimum Gasteiger partial charge on any atom is -0.314 e. The zero-order valence-corrected chi connectivity index (χ0v) is 9.53. The number of nitrogens with zero attached hydrogens (tertiary/aromatic N) is 1. The Hall–Kier alpha value is -0.380. The maximum absolute atomic E-state index is 11.9. The first kappa shape index (κ1) is 13.7. The minimum atomic E-state index is -4.54. The normalized spacial score (nSPS) is 24.6. The second-order valence-corrected chi connectivity index (χ2v) is 5.31. The summed E-state index contributed by atoms with van der Waals surface area (Å²) in [6.45, 7) is 1.16. The molecule has 1 unspecified atom stereocenters. The van der Waals surface area contributed by atoms with E-state index in [4.69, 9.17) is 0 Å². The van der Waals surface area contributed by atoms with E-state index >= 15 is 0 Å². The van der Waals surface area contributed by atoms with E-state index < -0.39 is 22.9 Å². The molecule has 96 valence electrons. The number of piperazine rings is 1. The smallest absolute Gasteiger partial charge is 0.314 e. The summed E-state index contributed by atoms with van der Waals surface area (Å²) < 4.78 is 61.3. The molecule has 2 N–H and O–H groups in total. The molecule has 0 aliphatic carbocycles. The molecular formula is C7H14F3N3O2S. The lowest BCUT2D eigenvalue weighted by atomic mass is 10.3. The second-order valence-electron chi connectivity index (χ2n) is 3.61. The molecule has 1 saturated heterocycles. The van der Waals surface area contributed by atoms with Crippen LogP contribution in [0.2, 0.25) is 0 Å².